The first kappa shape index (κ1) is 20.7. The Morgan fingerprint density at radius 2 is 1.97 bits per heavy atom. The van der Waals surface area contributed by atoms with Crippen LogP contribution in [0.15, 0.2) is 29.2 Å². The van der Waals surface area contributed by atoms with Crippen molar-refractivity contribution in [1.82, 2.24) is 4.98 Å². The van der Waals surface area contributed by atoms with E-state index in [0.29, 0.717) is 22.1 Å². The quantitative estimate of drug-likeness (QED) is 0.611. The number of hydrogen-bond acceptors (Lipinski definition) is 3. The molecule has 1 atom stereocenters. The van der Waals surface area contributed by atoms with E-state index in [0.717, 1.165) is 43.4 Å². The van der Waals surface area contributed by atoms with Crippen LogP contribution in [0.2, 0.25) is 5.02 Å². The first-order valence-corrected chi connectivity index (χ1v) is 11.5. The maximum atomic E-state index is 12.0. The maximum Gasteiger partial charge on any atom is 0.255 e. The first-order valence-electron chi connectivity index (χ1n) is 11.1. The van der Waals surface area contributed by atoms with E-state index in [-0.39, 0.29) is 23.1 Å². The Kier molecular flexibility index (Phi) is 5.94. The summed E-state index contributed by atoms with van der Waals surface area (Å²) in [6, 6.07) is 5.76. The first-order chi connectivity index (χ1) is 13.9. The van der Waals surface area contributed by atoms with Gasteiger partial charge in [0.05, 0.1) is 11.1 Å². The number of ether oxygens (including phenoxy) is 1. The average molecular weight is 417 g/mol. The number of hydrogen-bond donors (Lipinski definition) is 2. The summed E-state index contributed by atoms with van der Waals surface area (Å²) in [4.78, 5) is 14.7. The van der Waals surface area contributed by atoms with E-state index in [9.17, 15) is 4.79 Å². The summed E-state index contributed by atoms with van der Waals surface area (Å²) in [5.74, 6) is 2.20. The van der Waals surface area contributed by atoms with Gasteiger partial charge in [-0.3, -0.25) is 4.79 Å². The van der Waals surface area contributed by atoms with Gasteiger partial charge in [0.1, 0.15) is 5.75 Å². The minimum atomic E-state index is -0.127. The SMILES string of the molecule is CC(C)CC(N)C1(CC2CC2)CCC(Oc2cc3cc[nH]c(=O)c3cc2Cl)CC1. The molecule has 1 aromatic heterocycles. The van der Waals surface area contributed by atoms with E-state index >= 15 is 0 Å². The van der Waals surface area contributed by atoms with E-state index < -0.39 is 0 Å². The maximum absolute atomic E-state index is 12.0. The molecule has 2 saturated carbocycles. The third-order valence-corrected chi connectivity index (χ3v) is 7.25. The molecule has 3 N–H and O–H groups in total. The van der Waals surface area contributed by atoms with Crippen molar-refractivity contribution < 1.29 is 4.74 Å². The van der Waals surface area contributed by atoms with Crippen molar-refractivity contribution in [3.05, 3.63) is 39.8 Å². The predicted molar refractivity (Wildman–Crippen MR) is 120 cm³/mol. The second kappa shape index (κ2) is 8.31. The summed E-state index contributed by atoms with van der Waals surface area (Å²) >= 11 is 6.44. The van der Waals surface area contributed by atoms with Crippen molar-refractivity contribution >= 4 is 22.4 Å². The van der Waals surface area contributed by atoms with Crippen molar-refractivity contribution in [1.29, 1.82) is 0 Å². The molecule has 4 nitrogen and oxygen atoms in total. The monoisotopic (exact) mass is 416 g/mol. The van der Waals surface area contributed by atoms with Gasteiger partial charge in [-0.2, -0.15) is 0 Å². The van der Waals surface area contributed by atoms with Gasteiger partial charge in [-0.1, -0.05) is 38.3 Å². The van der Waals surface area contributed by atoms with Gasteiger partial charge in [0, 0.05) is 17.6 Å². The number of benzene rings is 1. The van der Waals surface area contributed by atoms with E-state index in [1.807, 2.05) is 12.1 Å². The molecule has 0 spiro atoms. The van der Waals surface area contributed by atoms with Crippen LogP contribution in [-0.2, 0) is 0 Å². The van der Waals surface area contributed by atoms with Crippen molar-refractivity contribution in [2.45, 2.75) is 77.4 Å². The number of halogens is 1. The lowest BCUT2D eigenvalue weighted by atomic mass is 9.64. The van der Waals surface area contributed by atoms with E-state index in [2.05, 4.69) is 18.8 Å². The van der Waals surface area contributed by atoms with Gasteiger partial charge in [0.25, 0.3) is 5.56 Å². The number of nitrogens with one attached hydrogen (secondary N) is 1. The molecular formula is C24H33ClN2O2. The normalized spacial score (nSPS) is 26.0. The highest BCUT2D eigenvalue weighted by molar-refractivity contribution is 6.32. The van der Waals surface area contributed by atoms with Crippen LogP contribution in [0.4, 0.5) is 0 Å². The zero-order chi connectivity index (χ0) is 20.6. The Labute approximate surface area is 178 Å². The Morgan fingerprint density at radius 3 is 2.62 bits per heavy atom. The van der Waals surface area contributed by atoms with Crippen LogP contribution in [-0.4, -0.2) is 17.1 Å². The Bertz CT molecular complexity index is 911. The van der Waals surface area contributed by atoms with Crippen molar-refractivity contribution in [2.24, 2.45) is 23.0 Å². The van der Waals surface area contributed by atoms with Crippen molar-refractivity contribution in [2.75, 3.05) is 0 Å². The Hall–Kier alpha value is -1.52. The minimum absolute atomic E-state index is 0.127. The number of nitrogens with two attached hydrogens (primary N) is 1. The number of rotatable bonds is 7. The fourth-order valence-corrected chi connectivity index (χ4v) is 5.33. The number of fused-ring (bicyclic) bond motifs is 1. The molecular weight excluding hydrogens is 384 g/mol. The van der Waals surface area contributed by atoms with Crippen LogP contribution in [0.5, 0.6) is 5.75 Å². The zero-order valence-electron chi connectivity index (χ0n) is 17.5. The standard InChI is InChI=1S/C24H33ClN2O2/c1-15(2)11-22(26)24(14-16-3-4-16)8-5-18(6-9-24)29-21-12-17-7-10-27-23(28)19(17)13-20(21)25/h7,10,12-13,15-16,18,22H,3-6,8-9,11,14,26H2,1-2H3,(H,27,28). The molecule has 5 heteroatoms. The molecule has 4 rings (SSSR count). The van der Waals surface area contributed by atoms with Crippen LogP contribution in [0.3, 0.4) is 0 Å². The van der Waals surface area contributed by atoms with Crippen LogP contribution in [0.25, 0.3) is 10.8 Å². The molecule has 158 valence electrons. The Morgan fingerprint density at radius 1 is 1.24 bits per heavy atom. The summed E-state index contributed by atoms with van der Waals surface area (Å²) in [6.45, 7) is 4.54. The van der Waals surface area contributed by atoms with Gasteiger partial charge >= 0.3 is 0 Å². The number of H-pyrrole nitrogens is 1. The molecule has 1 aromatic carbocycles. The number of aromatic amines is 1. The van der Waals surface area contributed by atoms with Gasteiger partial charge in [-0.05, 0) is 79.4 Å². The summed E-state index contributed by atoms with van der Waals surface area (Å²) in [5.41, 5.74) is 6.91. The van der Waals surface area contributed by atoms with Crippen molar-refractivity contribution in [3.8, 4) is 5.75 Å². The van der Waals surface area contributed by atoms with Crippen LogP contribution >= 0.6 is 11.6 Å². The molecule has 0 radical (unpaired) electrons. The third kappa shape index (κ3) is 4.64. The van der Waals surface area contributed by atoms with Gasteiger partial charge < -0.3 is 15.5 Å². The van der Waals surface area contributed by atoms with Gasteiger partial charge in [0.2, 0.25) is 0 Å². The average Bonchev–Trinajstić information content (AvgIpc) is 3.48. The molecule has 1 heterocycles. The molecule has 2 aliphatic rings. The van der Waals surface area contributed by atoms with Gasteiger partial charge in [0.15, 0.2) is 0 Å². The van der Waals surface area contributed by atoms with Crippen LogP contribution in [0, 0.1) is 17.3 Å². The number of pyridine rings is 1. The molecule has 2 aliphatic carbocycles. The van der Waals surface area contributed by atoms with Gasteiger partial charge in [-0.25, -0.2) is 0 Å². The molecule has 0 saturated heterocycles. The molecule has 1 unspecified atom stereocenters. The third-order valence-electron chi connectivity index (χ3n) is 6.95. The molecule has 2 aromatic rings. The highest BCUT2D eigenvalue weighted by Gasteiger charge is 2.44. The largest absolute Gasteiger partial charge is 0.489 e. The summed E-state index contributed by atoms with van der Waals surface area (Å²) < 4.78 is 6.32. The highest BCUT2D eigenvalue weighted by Crippen LogP contribution is 2.50. The lowest BCUT2D eigenvalue weighted by Crippen LogP contribution is -2.46. The molecule has 29 heavy (non-hydrogen) atoms. The molecule has 2 fully saturated rings. The van der Waals surface area contributed by atoms with E-state index in [4.69, 9.17) is 22.1 Å². The fraction of sp³-hybridized carbons (Fsp3) is 0.625. The van der Waals surface area contributed by atoms with E-state index in [1.54, 1.807) is 12.3 Å². The second-order valence-corrected chi connectivity index (χ2v) is 10.1. The highest BCUT2D eigenvalue weighted by atomic mass is 35.5. The van der Waals surface area contributed by atoms with E-state index in [1.165, 1.54) is 19.3 Å². The lowest BCUT2D eigenvalue weighted by Gasteiger charge is -2.45. The van der Waals surface area contributed by atoms with Crippen LogP contribution < -0.4 is 16.0 Å². The fourth-order valence-electron chi connectivity index (χ4n) is 5.12. The minimum Gasteiger partial charge on any atom is -0.489 e. The Balaban J connectivity index is 1.46. The van der Waals surface area contributed by atoms with Crippen molar-refractivity contribution in [3.63, 3.8) is 0 Å². The summed E-state index contributed by atoms with van der Waals surface area (Å²) in [7, 11) is 0. The molecule has 0 amide bonds. The second-order valence-electron chi connectivity index (χ2n) is 9.74. The number of aromatic nitrogens is 1. The van der Waals surface area contributed by atoms with Gasteiger partial charge in [-0.15, -0.1) is 0 Å². The van der Waals surface area contributed by atoms with Crippen LogP contribution in [0.1, 0.15) is 65.2 Å². The summed E-state index contributed by atoms with van der Waals surface area (Å²) in [5, 5.41) is 1.95. The lowest BCUT2D eigenvalue weighted by molar-refractivity contribution is 0.0451. The summed E-state index contributed by atoms with van der Waals surface area (Å²) in [6.07, 6.45) is 11.3. The molecule has 0 aliphatic heterocycles. The zero-order valence-corrected chi connectivity index (χ0v) is 18.3. The smallest absolute Gasteiger partial charge is 0.255 e. The topological polar surface area (TPSA) is 68.1 Å². The molecule has 0 bridgehead atoms. The predicted octanol–water partition coefficient (Wildman–Crippen LogP) is 5.66.